The standard InChI is InChI=1S/C14H20F2N2O3S/c1-4-5-8-17(2)14(19)10-18(22(3,20)21)13-7-6-11(15)9-12(13)16/h6-7,9H,4-5,8,10H2,1-3H3. The third kappa shape index (κ3) is 4.94. The Labute approximate surface area is 129 Å². The Hall–Kier alpha value is -1.70. The molecule has 1 rings (SSSR count). The highest BCUT2D eigenvalue weighted by Crippen LogP contribution is 2.22. The number of halogens is 2. The first kappa shape index (κ1) is 18.3. The molecule has 8 heteroatoms. The molecule has 0 fully saturated rings. The van der Waals surface area contributed by atoms with Gasteiger partial charge >= 0.3 is 0 Å². The van der Waals surface area contributed by atoms with Crippen LogP contribution in [0.1, 0.15) is 19.8 Å². The molecule has 0 saturated carbocycles. The number of benzene rings is 1. The van der Waals surface area contributed by atoms with Gasteiger partial charge in [0.1, 0.15) is 18.2 Å². The number of anilines is 1. The lowest BCUT2D eigenvalue weighted by Gasteiger charge is -2.25. The van der Waals surface area contributed by atoms with E-state index < -0.39 is 34.1 Å². The van der Waals surface area contributed by atoms with Gasteiger partial charge in [-0.05, 0) is 18.6 Å². The molecule has 1 aromatic rings. The Balaban J connectivity index is 3.03. The molecule has 0 saturated heterocycles. The number of nitrogens with zero attached hydrogens (tertiary/aromatic N) is 2. The second-order valence-corrected chi connectivity index (χ2v) is 6.94. The van der Waals surface area contributed by atoms with E-state index in [0.717, 1.165) is 31.2 Å². The third-order valence-corrected chi connectivity index (χ3v) is 4.26. The third-order valence-electron chi connectivity index (χ3n) is 3.13. The van der Waals surface area contributed by atoms with Gasteiger partial charge in [0, 0.05) is 19.7 Å². The summed E-state index contributed by atoms with van der Waals surface area (Å²) in [6.07, 6.45) is 2.54. The van der Waals surface area contributed by atoms with E-state index in [4.69, 9.17) is 0 Å². The molecule has 0 aliphatic carbocycles. The van der Waals surface area contributed by atoms with Gasteiger partial charge in [0.2, 0.25) is 15.9 Å². The molecule has 0 N–H and O–H groups in total. The number of sulfonamides is 1. The Morgan fingerprint density at radius 1 is 1.27 bits per heavy atom. The lowest BCUT2D eigenvalue weighted by atomic mass is 10.3. The van der Waals surface area contributed by atoms with E-state index in [0.29, 0.717) is 16.9 Å². The maximum atomic E-state index is 13.8. The average molecular weight is 334 g/mol. The fourth-order valence-corrected chi connectivity index (χ4v) is 2.68. The van der Waals surface area contributed by atoms with Crippen LogP contribution in [0.4, 0.5) is 14.5 Å². The van der Waals surface area contributed by atoms with Crippen LogP contribution in [0, 0.1) is 11.6 Å². The van der Waals surface area contributed by atoms with Gasteiger partial charge in [0.25, 0.3) is 0 Å². The van der Waals surface area contributed by atoms with Crippen molar-refractivity contribution in [3.63, 3.8) is 0 Å². The number of unbranched alkanes of at least 4 members (excludes halogenated alkanes) is 1. The van der Waals surface area contributed by atoms with E-state index in [2.05, 4.69) is 0 Å². The molecule has 5 nitrogen and oxygen atoms in total. The van der Waals surface area contributed by atoms with Gasteiger partial charge in [-0.2, -0.15) is 0 Å². The summed E-state index contributed by atoms with van der Waals surface area (Å²) in [6.45, 7) is 1.93. The summed E-state index contributed by atoms with van der Waals surface area (Å²) in [5, 5.41) is 0. The Morgan fingerprint density at radius 2 is 1.91 bits per heavy atom. The fraction of sp³-hybridized carbons (Fsp3) is 0.500. The molecule has 0 aromatic heterocycles. The molecule has 1 aromatic carbocycles. The highest BCUT2D eigenvalue weighted by Gasteiger charge is 2.25. The monoisotopic (exact) mass is 334 g/mol. The number of rotatable bonds is 7. The van der Waals surface area contributed by atoms with Gasteiger partial charge in [-0.1, -0.05) is 13.3 Å². The molecular formula is C14H20F2N2O3S. The van der Waals surface area contributed by atoms with E-state index in [1.54, 1.807) is 7.05 Å². The summed E-state index contributed by atoms with van der Waals surface area (Å²) < 4.78 is 51.1. The topological polar surface area (TPSA) is 57.7 Å². The van der Waals surface area contributed by atoms with Gasteiger partial charge in [0.05, 0.1) is 11.9 Å². The summed E-state index contributed by atoms with van der Waals surface area (Å²) >= 11 is 0. The molecule has 0 aliphatic heterocycles. The minimum absolute atomic E-state index is 0.346. The molecule has 0 atom stereocenters. The molecule has 1 amide bonds. The molecule has 0 aliphatic rings. The lowest BCUT2D eigenvalue weighted by molar-refractivity contribution is -0.128. The summed E-state index contributed by atoms with van der Waals surface area (Å²) in [7, 11) is -2.32. The summed E-state index contributed by atoms with van der Waals surface area (Å²) in [5.74, 6) is -2.31. The first-order valence-electron chi connectivity index (χ1n) is 6.83. The van der Waals surface area contributed by atoms with Crippen LogP contribution in [-0.2, 0) is 14.8 Å². The number of likely N-dealkylation sites (N-methyl/N-ethyl adjacent to an activating group) is 1. The van der Waals surface area contributed by atoms with E-state index in [1.165, 1.54) is 4.90 Å². The van der Waals surface area contributed by atoms with Crippen LogP contribution in [0.3, 0.4) is 0 Å². The maximum Gasteiger partial charge on any atom is 0.243 e. The van der Waals surface area contributed by atoms with E-state index >= 15 is 0 Å². The van der Waals surface area contributed by atoms with Crippen molar-refractivity contribution in [1.82, 2.24) is 4.90 Å². The molecule has 0 spiro atoms. The molecule has 0 unspecified atom stereocenters. The maximum absolute atomic E-state index is 13.8. The van der Waals surface area contributed by atoms with Gasteiger partial charge in [-0.3, -0.25) is 9.10 Å². The zero-order valence-electron chi connectivity index (χ0n) is 12.8. The number of amides is 1. The van der Waals surface area contributed by atoms with Gasteiger partial charge in [-0.25, -0.2) is 17.2 Å². The zero-order valence-corrected chi connectivity index (χ0v) is 13.7. The Morgan fingerprint density at radius 3 is 2.41 bits per heavy atom. The first-order chi connectivity index (χ1) is 10.2. The number of hydrogen-bond donors (Lipinski definition) is 0. The highest BCUT2D eigenvalue weighted by atomic mass is 32.2. The Kier molecular flexibility index (Phi) is 6.28. The van der Waals surface area contributed by atoms with Crippen LogP contribution in [0.15, 0.2) is 18.2 Å². The van der Waals surface area contributed by atoms with Crippen LogP contribution in [0.2, 0.25) is 0 Å². The number of hydrogen-bond acceptors (Lipinski definition) is 3. The SMILES string of the molecule is CCCCN(C)C(=O)CN(c1ccc(F)cc1F)S(C)(=O)=O. The van der Waals surface area contributed by atoms with Gasteiger partial charge < -0.3 is 4.90 Å². The molecule has 0 heterocycles. The van der Waals surface area contributed by atoms with Crippen molar-refractivity contribution >= 4 is 21.6 Å². The first-order valence-corrected chi connectivity index (χ1v) is 8.68. The second-order valence-electron chi connectivity index (χ2n) is 5.03. The minimum atomic E-state index is -3.88. The van der Waals surface area contributed by atoms with Crippen LogP contribution < -0.4 is 4.31 Å². The van der Waals surface area contributed by atoms with E-state index in [9.17, 15) is 22.0 Å². The van der Waals surface area contributed by atoms with Crippen molar-refractivity contribution in [2.75, 3.05) is 30.7 Å². The van der Waals surface area contributed by atoms with Crippen LogP contribution in [0.25, 0.3) is 0 Å². The highest BCUT2D eigenvalue weighted by molar-refractivity contribution is 7.92. The lowest BCUT2D eigenvalue weighted by Crippen LogP contribution is -2.41. The predicted octanol–water partition coefficient (Wildman–Crippen LogP) is 1.99. The molecule has 22 heavy (non-hydrogen) atoms. The quantitative estimate of drug-likeness (QED) is 0.766. The van der Waals surface area contributed by atoms with Gasteiger partial charge in [-0.15, -0.1) is 0 Å². The summed E-state index contributed by atoms with van der Waals surface area (Å²) in [6, 6.07) is 2.53. The zero-order chi connectivity index (χ0) is 16.9. The van der Waals surface area contributed by atoms with Gasteiger partial charge in [0.15, 0.2) is 0 Å². The minimum Gasteiger partial charge on any atom is -0.344 e. The molecule has 124 valence electrons. The smallest absolute Gasteiger partial charge is 0.243 e. The van der Waals surface area contributed by atoms with Crippen LogP contribution >= 0.6 is 0 Å². The Bertz CT molecular complexity index is 635. The van der Waals surface area contributed by atoms with Crippen LogP contribution in [-0.4, -0.2) is 45.6 Å². The normalized spacial score (nSPS) is 11.3. The average Bonchev–Trinajstić information content (AvgIpc) is 2.41. The summed E-state index contributed by atoms with van der Waals surface area (Å²) in [5.41, 5.74) is -0.346. The number of carbonyl (C=O) groups excluding carboxylic acids is 1. The largest absolute Gasteiger partial charge is 0.344 e. The molecule has 0 bridgehead atoms. The van der Waals surface area contributed by atoms with Crippen molar-refractivity contribution in [2.45, 2.75) is 19.8 Å². The van der Waals surface area contributed by atoms with Crippen LogP contribution in [0.5, 0.6) is 0 Å². The van der Waals surface area contributed by atoms with Crippen molar-refractivity contribution in [3.05, 3.63) is 29.8 Å². The predicted molar refractivity (Wildman–Crippen MR) is 81.1 cm³/mol. The fourth-order valence-electron chi connectivity index (χ4n) is 1.83. The van der Waals surface area contributed by atoms with Crippen molar-refractivity contribution < 1.29 is 22.0 Å². The number of carbonyl (C=O) groups is 1. The molecular weight excluding hydrogens is 314 g/mol. The second kappa shape index (κ2) is 7.53. The van der Waals surface area contributed by atoms with Crippen molar-refractivity contribution in [1.29, 1.82) is 0 Å². The van der Waals surface area contributed by atoms with Crippen molar-refractivity contribution in [3.8, 4) is 0 Å². The summed E-state index contributed by atoms with van der Waals surface area (Å²) in [4.78, 5) is 13.5. The van der Waals surface area contributed by atoms with E-state index in [-0.39, 0.29) is 5.69 Å². The molecule has 0 radical (unpaired) electrons. The van der Waals surface area contributed by atoms with Crippen molar-refractivity contribution in [2.24, 2.45) is 0 Å². The van der Waals surface area contributed by atoms with E-state index in [1.807, 2.05) is 6.92 Å².